The highest BCUT2D eigenvalue weighted by Crippen LogP contribution is 2.20. The van der Waals surface area contributed by atoms with Gasteiger partial charge in [-0.3, -0.25) is 0 Å². The molecule has 0 atom stereocenters. The maximum atomic E-state index is 5.67. The predicted molar refractivity (Wildman–Crippen MR) is 57.9 cm³/mol. The average Bonchev–Trinajstić information content (AvgIpc) is 2.19. The van der Waals surface area contributed by atoms with Crippen LogP contribution in [0.2, 0.25) is 0 Å². The highest BCUT2D eigenvalue weighted by molar-refractivity contribution is 5.44. The van der Waals surface area contributed by atoms with Crippen molar-refractivity contribution in [2.75, 3.05) is 5.73 Å². The van der Waals surface area contributed by atoms with Gasteiger partial charge in [-0.25, -0.2) is 0 Å². The van der Waals surface area contributed by atoms with E-state index in [-0.39, 0.29) is 0 Å². The molecule has 2 nitrogen and oxygen atoms in total. The lowest BCUT2D eigenvalue weighted by atomic mass is 10.2. The van der Waals surface area contributed by atoms with Crippen LogP contribution in [0.1, 0.15) is 12.8 Å². The Labute approximate surface area is 83.7 Å². The largest absolute Gasteiger partial charge is 0.462 e. The summed E-state index contributed by atoms with van der Waals surface area (Å²) < 4.78 is 5.67. The van der Waals surface area contributed by atoms with Gasteiger partial charge in [0.05, 0.1) is 0 Å². The molecule has 1 aliphatic carbocycles. The number of benzene rings is 1. The second-order valence-electron chi connectivity index (χ2n) is 3.27. The SMILES string of the molecule is Nc1cccc(OC2=CC=CCC2)c1. The molecule has 0 unspecified atom stereocenters. The predicted octanol–water partition coefficient (Wildman–Crippen LogP) is 2.88. The van der Waals surface area contributed by atoms with Crippen molar-refractivity contribution >= 4 is 5.69 Å². The minimum atomic E-state index is 0.731. The number of ether oxygens (including phenoxy) is 1. The van der Waals surface area contributed by atoms with Gasteiger partial charge < -0.3 is 10.5 Å². The third-order valence-corrected chi connectivity index (χ3v) is 2.08. The fraction of sp³-hybridized carbons (Fsp3) is 0.167. The van der Waals surface area contributed by atoms with Crippen LogP contribution in [0.4, 0.5) is 5.69 Å². The topological polar surface area (TPSA) is 35.2 Å². The van der Waals surface area contributed by atoms with E-state index in [0.717, 1.165) is 30.0 Å². The summed E-state index contributed by atoms with van der Waals surface area (Å²) >= 11 is 0. The van der Waals surface area contributed by atoms with Crippen molar-refractivity contribution in [3.8, 4) is 5.75 Å². The first kappa shape index (κ1) is 8.88. The van der Waals surface area contributed by atoms with Crippen LogP contribution in [0.5, 0.6) is 5.75 Å². The maximum Gasteiger partial charge on any atom is 0.128 e. The summed E-state index contributed by atoms with van der Waals surface area (Å²) in [5.41, 5.74) is 6.38. The molecular formula is C12H13NO. The number of nitrogen functional groups attached to an aromatic ring is 1. The van der Waals surface area contributed by atoms with Crippen LogP contribution in [0.25, 0.3) is 0 Å². The van der Waals surface area contributed by atoms with Gasteiger partial charge in [0.15, 0.2) is 0 Å². The van der Waals surface area contributed by atoms with Crippen LogP contribution in [0.15, 0.2) is 48.3 Å². The smallest absolute Gasteiger partial charge is 0.128 e. The molecular weight excluding hydrogens is 174 g/mol. The molecule has 0 radical (unpaired) electrons. The summed E-state index contributed by atoms with van der Waals surface area (Å²) in [5.74, 6) is 1.81. The summed E-state index contributed by atoms with van der Waals surface area (Å²) in [6, 6.07) is 7.49. The molecule has 0 amide bonds. The molecule has 1 aliphatic rings. The van der Waals surface area contributed by atoms with Crippen LogP contribution in [-0.2, 0) is 0 Å². The zero-order valence-electron chi connectivity index (χ0n) is 7.94. The van der Waals surface area contributed by atoms with Crippen LogP contribution < -0.4 is 10.5 Å². The van der Waals surface area contributed by atoms with E-state index in [2.05, 4.69) is 6.08 Å². The van der Waals surface area contributed by atoms with Gasteiger partial charge in [-0.2, -0.15) is 0 Å². The van der Waals surface area contributed by atoms with E-state index in [0.29, 0.717) is 0 Å². The Morgan fingerprint density at radius 1 is 1.29 bits per heavy atom. The van der Waals surface area contributed by atoms with Gasteiger partial charge in [-0.05, 0) is 24.6 Å². The van der Waals surface area contributed by atoms with E-state index >= 15 is 0 Å². The standard InChI is InChI=1S/C12H13NO/c13-10-5-4-8-12(9-10)14-11-6-2-1-3-7-11/h1-2,4-6,8-9H,3,7,13H2. The molecule has 0 bridgehead atoms. The molecule has 1 aromatic carbocycles. The first-order valence-corrected chi connectivity index (χ1v) is 4.74. The van der Waals surface area contributed by atoms with E-state index < -0.39 is 0 Å². The van der Waals surface area contributed by atoms with Gasteiger partial charge in [0.25, 0.3) is 0 Å². The van der Waals surface area contributed by atoms with E-state index in [1.54, 1.807) is 0 Å². The van der Waals surface area contributed by atoms with Crippen molar-refractivity contribution in [3.63, 3.8) is 0 Å². The zero-order valence-corrected chi connectivity index (χ0v) is 7.94. The second-order valence-corrected chi connectivity index (χ2v) is 3.27. The van der Waals surface area contributed by atoms with Crippen molar-refractivity contribution in [1.82, 2.24) is 0 Å². The number of anilines is 1. The maximum absolute atomic E-state index is 5.67. The van der Waals surface area contributed by atoms with Gasteiger partial charge in [-0.1, -0.05) is 18.2 Å². The van der Waals surface area contributed by atoms with Crippen LogP contribution in [0, 0.1) is 0 Å². The number of rotatable bonds is 2. The Morgan fingerprint density at radius 3 is 2.93 bits per heavy atom. The van der Waals surface area contributed by atoms with Crippen molar-refractivity contribution in [2.45, 2.75) is 12.8 Å². The summed E-state index contributed by atoms with van der Waals surface area (Å²) in [4.78, 5) is 0. The Hall–Kier alpha value is -1.70. The molecule has 0 saturated carbocycles. The molecule has 0 heterocycles. The first-order valence-electron chi connectivity index (χ1n) is 4.74. The Bertz CT molecular complexity index is 380. The molecule has 1 aromatic rings. The molecule has 2 heteroatoms. The van der Waals surface area contributed by atoms with Gasteiger partial charge in [0.1, 0.15) is 11.5 Å². The molecule has 2 N–H and O–H groups in total. The molecule has 0 aromatic heterocycles. The van der Waals surface area contributed by atoms with Crippen molar-refractivity contribution < 1.29 is 4.74 Å². The number of hydrogen-bond donors (Lipinski definition) is 1. The lowest BCUT2D eigenvalue weighted by Crippen LogP contribution is -1.97. The van der Waals surface area contributed by atoms with Crippen molar-refractivity contribution in [2.24, 2.45) is 0 Å². The molecule has 0 saturated heterocycles. The van der Waals surface area contributed by atoms with E-state index in [1.807, 2.05) is 36.4 Å². The van der Waals surface area contributed by atoms with E-state index in [9.17, 15) is 0 Å². The zero-order chi connectivity index (χ0) is 9.80. The second kappa shape index (κ2) is 4.01. The molecule has 14 heavy (non-hydrogen) atoms. The van der Waals surface area contributed by atoms with E-state index in [1.165, 1.54) is 0 Å². The fourth-order valence-electron chi connectivity index (χ4n) is 1.39. The minimum Gasteiger partial charge on any atom is -0.462 e. The third kappa shape index (κ3) is 2.16. The summed E-state index contributed by atoms with van der Waals surface area (Å²) in [7, 11) is 0. The normalized spacial score (nSPS) is 15.0. The Kier molecular flexibility index (Phi) is 2.54. The van der Waals surface area contributed by atoms with E-state index in [4.69, 9.17) is 10.5 Å². The average molecular weight is 187 g/mol. The summed E-state index contributed by atoms with van der Waals surface area (Å²) in [6.45, 7) is 0. The Morgan fingerprint density at radius 2 is 2.21 bits per heavy atom. The van der Waals surface area contributed by atoms with Gasteiger partial charge >= 0.3 is 0 Å². The molecule has 0 aliphatic heterocycles. The Balaban J connectivity index is 2.10. The molecule has 2 rings (SSSR count). The fourth-order valence-corrected chi connectivity index (χ4v) is 1.39. The molecule has 0 spiro atoms. The number of nitrogens with two attached hydrogens (primary N) is 1. The summed E-state index contributed by atoms with van der Waals surface area (Å²) in [5, 5.41) is 0. The van der Waals surface area contributed by atoms with Gasteiger partial charge in [-0.15, -0.1) is 0 Å². The highest BCUT2D eigenvalue weighted by atomic mass is 16.5. The van der Waals surface area contributed by atoms with Gasteiger partial charge in [0.2, 0.25) is 0 Å². The first-order chi connectivity index (χ1) is 6.84. The van der Waals surface area contributed by atoms with Crippen LogP contribution in [-0.4, -0.2) is 0 Å². The monoisotopic (exact) mass is 187 g/mol. The lowest BCUT2D eigenvalue weighted by molar-refractivity contribution is 0.403. The third-order valence-electron chi connectivity index (χ3n) is 2.08. The van der Waals surface area contributed by atoms with Crippen LogP contribution >= 0.6 is 0 Å². The summed E-state index contributed by atoms with van der Waals surface area (Å²) in [6.07, 6.45) is 8.16. The highest BCUT2D eigenvalue weighted by Gasteiger charge is 2.02. The number of hydrogen-bond acceptors (Lipinski definition) is 2. The van der Waals surface area contributed by atoms with Crippen molar-refractivity contribution in [3.05, 3.63) is 48.3 Å². The van der Waals surface area contributed by atoms with Gasteiger partial charge in [0, 0.05) is 18.2 Å². The molecule has 72 valence electrons. The quantitative estimate of drug-likeness (QED) is 0.722. The lowest BCUT2D eigenvalue weighted by Gasteiger charge is -2.11. The van der Waals surface area contributed by atoms with Crippen molar-refractivity contribution in [1.29, 1.82) is 0 Å². The number of allylic oxidation sites excluding steroid dienone is 4. The van der Waals surface area contributed by atoms with Crippen LogP contribution in [0.3, 0.4) is 0 Å². The minimum absolute atomic E-state index is 0.731. The molecule has 0 fully saturated rings.